The lowest BCUT2D eigenvalue weighted by Crippen LogP contribution is -2.46. The van der Waals surface area contributed by atoms with E-state index in [9.17, 15) is 9.59 Å². The van der Waals surface area contributed by atoms with Crippen LogP contribution in [0, 0.1) is 19.3 Å². The fraction of sp³-hybridized carbons (Fsp3) is 0.333. The van der Waals surface area contributed by atoms with E-state index in [0.29, 0.717) is 5.75 Å². The molecule has 0 fully saturated rings. The molecule has 1 amide bonds. The van der Waals surface area contributed by atoms with E-state index in [4.69, 9.17) is 16.3 Å². The molecule has 0 aliphatic carbocycles. The summed E-state index contributed by atoms with van der Waals surface area (Å²) in [6.07, 6.45) is 4.18. The van der Waals surface area contributed by atoms with Crippen LogP contribution in [-0.4, -0.2) is 29.1 Å². The Morgan fingerprint density at radius 3 is 2.50 bits per heavy atom. The van der Waals surface area contributed by atoms with Crippen molar-refractivity contribution < 1.29 is 19.4 Å². The van der Waals surface area contributed by atoms with Crippen LogP contribution in [0.3, 0.4) is 0 Å². The summed E-state index contributed by atoms with van der Waals surface area (Å²) < 4.78 is 5.43. The van der Waals surface area contributed by atoms with Gasteiger partial charge in [-0.2, -0.15) is 0 Å². The predicted molar refractivity (Wildman–Crippen MR) is 74.3 cm³/mol. The number of carbonyl (C=O) groups is 2. The van der Waals surface area contributed by atoms with Gasteiger partial charge in [-0.25, -0.2) is 4.79 Å². The highest BCUT2D eigenvalue weighted by atomic mass is 16.5. The van der Waals surface area contributed by atoms with E-state index in [0.717, 1.165) is 5.56 Å². The van der Waals surface area contributed by atoms with Gasteiger partial charge in [0.1, 0.15) is 11.8 Å². The van der Waals surface area contributed by atoms with Crippen molar-refractivity contribution in [1.29, 1.82) is 0 Å². The van der Waals surface area contributed by atoms with Crippen molar-refractivity contribution in [3.8, 4) is 18.1 Å². The number of amides is 1. The molecule has 1 aromatic rings. The Hall–Kier alpha value is -2.48. The van der Waals surface area contributed by atoms with Crippen LogP contribution in [0.1, 0.15) is 18.9 Å². The summed E-state index contributed by atoms with van der Waals surface area (Å²) in [5, 5.41) is 11.2. The van der Waals surface area contributed by atoms with Crippen molar-refractivity contribution in [1.82, 2.24) is 5.32 Å². The minimum atomic E-state index is -1.17. The number of carbonyl (C=O) groups excluding carboxylic acids is 1. The molecule has 0 aliphatic heterocycles. The zero-order valence-corrected chi connectivity index (χ0v) is 11.4. The molecule has 2 unspecified atom stereocenters. The number of aliphatic carboxylic acids is 1. The van der Waals surface area contributed by atoms with Crippen LogP contribution in [0.5, 0.6) is 5.75 Å². The number of nitrogens with one attached hydrogen (secondary N) is 1. The minimum Gasteiger partial charge on any atom is -0.481 e. The first-order valence-electron chi connectivity index (χ1n) is 6.14. The lowest BCUT2D eigenvalue weighted by atomic mass is 10.2. The van der Waals surface area contributed by atoms with Crippen LogP contribution < -0.4 is 10.1 Å². The molecule has 0 radical (unpaired) electrons. The maximum atomic E-state index is 11.8. The topological polar surface area (TPSA) is 75.6 Å². The molecule has 106 valence electrons. The fourth-order valence-corrected chi connectivity index (χ4v) is 1.48. The molecule has 1 aromatic carbocycles. The average Bonchev–Trinajstić information content (AvgIpc) is 2.40. The monoisotopic (exact) mass is 275 g/mol. The summed E-state index contributed by atoms with van der Waals surface area (Å²) in [6, 6.07) is 6.11. The summed E-state index contributed by atoms with van der Waals surface area (Å²) in [4.78, 5) is 22.7. The number of carboxylic acids is 1. The van der Waals surface area contributed by atoms with Crippen molar-refractivity contribution >= 4 is 11.9 Å². The Morgan fingerprint density at radius 1 is 1.40 bits per heavy atom. The van der Waals surface area contributed by atoms with Crippen LogP contribution in [0.15, 0.2) is 24.3 Å². The molecule has 2 atom stereocenters. The Labute approximate surface area is 117 Å². The smallest absolute Gasteiger partial charge is 0.327 e. The van der Waals surface area contributed by atoms with E-state index in [1.807, 2.05) is 19.1 Å². The Morgan fingerprint density at radius 2 is 2.00 bits per heavy atom. The van der Waals surface area contributed by atoms with Crippen molar-refractivity contribution in [3.05, 3.63) is 29.8 Å². The molecule has 0 spiro atoms. The zero-order valence-electron chi connectivity index (χ0n) is 11.4. The Kier molecular flexibility index (Phi) is 5.60. The maximum absolute atomic E-state index is 11.8. The van der Waals surface area contributed by atoms with Crippen molar-refractivity contribution in [2.75, 3.05) is 0 Å². The first-order valence-corrected chi connectivity index (χ1v) is 6.14. The summed E-state index contributed by atoms with van der Waals surface area (Å²) in [7, 11) is 0. The van der Waals surface area contributed by atoms with Gasteiger partial charge < -0.3 is 15.2 Å². The highest BCUT2D eigenvalue weighted by molar-refractivity contribution is 5.86. The van der Waals surface area contributed by atoms with E-state index in [2.05, 4.69) is 11.2 Å². The molecule has 5 nitrogen and oxygen atoms in total. The molecule has 2 N–H and O–H groups in total. The highest BCUT2D eigenvalue weighted by Gasteiger charge is 2.23. The second-order valence-corrected chi connectivity index (χ2v) is 4.38. The zero-order chi connectivity index (χ0) is 15.1. The van der Waals surface area contributed by atoms with Crippen LogP contribution in [0.2, 0.25) is 0 Å². The normalized spacial score (nSPS) is 12.8. The fourth-order valence-electron chi connectivity index (χ4n) is 1.48. The third-order valence-electron chi connectivity index (χ3n) is 2.64. The van der Waals surface area contributed by atoms with Crippen LogP contribution in [0.4, 0.5) is 0 Å². The Balaban J connectivity index is 2.60. The molecule has 0 saturated carbocycles. The lowest BCUT2D eigenvalue weighted by Gasteiger charge is -2.17. The van der Waals surface area contributed by atoms with E-state index in [1.165, 1.54) is 0 Å². The van der Waals surface area contributed by atoms with Gasteiger partial charge >= 0.3 is 5.97 Å². The number of aryl methyl sites for hydroxylation is 1. The SMILES string of the molecule is C#CCC(NC(=O)C(C)Oc1ccc(C)cc1)C(=O)O. The van der Waals surface area contributed by atoms with E-state index >= 15 is 0 Å². The molecule has 0 bridgehead atoms. The van der Waals surface area contributed by atoms with Crippen molar-refractivity contribution in [2.24, 2.45) is 0 Å². The summed E-state index contributed by atoms with van der Waals surface area (Å²) in [5.41, 5.74) is 1.08. The molecular weight excluding hydrogens is 258 g/mol. The molecular formula is C15H17NO4. The van der Waals surface area contributed by atoms with Crippen molar-refractivity contribution in [2.45, 2.75) is 32.4 Å². The summed E-state index contributed by atoms with van der Waals surface area (Å²) in [6.45, 7) is 3.49. The van der Waals surface area contributed by atoms with Gasteiger partial charge in [0, 0.05) is 6.42 Å². The van der Waals surface area contributed by atoms with Gasteiger partial charge in [0.15, 0.2) is 6.10 Å². The lowest BCUT2D eigenvalue weighted by molar-refractivity contribution is -0.142. The average molecular weight is 275 g/mol. The predicted octanol–water partition coefficient (Wildman–Crippen LogP) is 1.36. The van der Waals surface area contributed by atoms with Gasteiger partial charge in [0.2, 0.25) is 0 Å². The van der Waals surface area contributed by atoms with Crippen molar-refractivity contribution in [3.63, 3.8) is 0 Å². The largest absolute Gasteiger partial charge is 0.481 e. The van der Waals surface area contributed by atoms with Gasteiger partial charge in [-0.3, -0.25) is 4.79 Å². The van der Waals surface area contributed by atoms with E-state index in [1.54, 1.807) is 19.1 Å². The van der Waals surface area contributed by atoms with Gasteiger partial charge in [0.05, 0.1) is 0 Å². The molecule has 0 saturated heterocycles. The van der Waals surface area contributed by atoms with E-state index in [-0.39, 0.29) is 6.42 Å². The number of rotatable bonds is 6. The third kappa shape index (κ3) is 4.65. The van der Waals surface area contributed by atoms with Crippen LogP contribution in [-0.2, 0) is 9.59 Å². The standard InChI is InChI=1S/C15H17NO4/c1-4-5-13(15(18)19)16-14(17)11(3)20-12-8-6-10(2)7-9-12/h1,6-9,11,13H,5H2,2-3H3,(H,16,17)(H,18,19). The van der Waals surface area contributed by atoms with Gasteiger partial charge in [0.25, 0.3) is 5.91 Å². The molecule has 0 heterocycles. The summed E-state index contributed by atoms with van der Waals surface area (Å²) >= 11 is 0. The molecule has 0 aromatic heterocycles. The summed E-state index contributed by atoms with van der Waals surface area (Å²) in [5.74, 6) is 1.07. The van der Waals surface area contributed by atoms with Crippen LogP contribution >= 0.6 is 0 Å². The van der Waals surface area contributed by atoms with Gasteiger partial charge in [-0.05, 0) is 26.0 Å². The quantitative estimate of drug-likeness (QED) is 0.769. The van der Waals surface area contributed by atoms with Gasteiger partial charge in [-0.1, -0.05) is 17.7 Å². The Bertz CT molecular complexity index is 516. The number of carboxylic acid groups (broad SMARTS) is 1. The maximum Gasteiger partial charge on any atom is 0.327 e. The number of hydrogen-bond donors (Lipinski definition) is 2. The molecule has 5 heteroatoms. The second-order valence-electron chi connectivity index (χ2n) is 4.38. The van der Waals surface area contributed by atoms with Crippen LogP contribution in [0.25, 0.3) is 0 Å². The van der Waals surface area contributed by atoms with E-state index < -0.39 is 24.0 Å². The minimum absolute atomic E-state index is 0.0711. The number of terminal acetylenes is 1. The van der Waals surface area contributed by atoms with Gasteiger partial charge in [-0.15, -0.1) is 12.3 Å². The number of benzene rings is 1. The number of hydrogen-bond acceptors (Lipinski definition) is 3. The molecule has 0 aliphatic rings. The molecule has 1 rings (SSSR count). The second kappa shape index (κ2) is 7.19. The first-order chi connectivity index (χ1) is 9.43. The highest BCUT2D eigenvalue weighted by Crippen LogP contribution is 2.13. The third-order valence-corrected chi connectivity index (χ3v) is 2.64. The first kappa shape index (κ1) is 15.6. The molecule has 20 heavy (non-hydrogen) atoms. The number of ether oxygens (including phenoxy) is 1.